The van der Waals surface area contributed by atoms with Crippen LogP contribution >= 0.6 is 0 Å². The zero-order chi connectivity index (χ0) is 16.5. The Kier molecular flexibility index (Phi) is 4.10. The number of imidazole rings is 1. The molecule has 4 rings (SSSR count). The van der Waals surface area contributed by atoms with E-state index in [4.69, 9.17) is 0 Å². The predicted octanol–water partition coefficient (Wildman–Crippen LogP) is 1.76. The normalized spacial score (nSPS) is 20.1. The summed E-state index contributed by atoms with van der Waals surface area (Å²) in [4.78, 5) is 21.3. The minimum absolute atomic E-state index is 0.171. The van der Waals surface area contributed by atoms with Crippen LogP contribution in [-0.2, 0) is 17.6 Å². The Morgan fingerprint density at radius 2 is 1.79 bits per heavy atom. The van der Waals surface area contributed by atoms with E-state index in [-0.39, 0.29) is 11.9 Å². The maximum absolute atomic E-state index is 12.7. The number of aromatic nitrogens is 2. The van der Waals surface area contributed by atoms with Gasteiger partial charge in [0, 0.05) is 44.6 Å². The van der Waals surface area contributed by atoms with E-state index in [0.717, 1.165) is 39.0 Å². The highest BCUT2D eigenvalue weighted by molar-refractivity contribution is 5.80. The van der Waals surface area contributed by atoms with Gasteiger partial charge in [-0.25, -0.2) is 4.98 Å². The number of amides is 1. The van der Waals surface area contributed by atoms with Gasteiger partial charge < -0.3 is 9.47 Å². The summed E-state index contributed by atoms with van der Waals surface area (Å²) < 4.78 is 1.88. The first kappa shape index (κ1) is 15.4. The Hall–Kier alpha value is -2.14. The zero-order valence-electron chi connectivity index (χ0n) is 14.1. The number of fused-ring (bicyclic) bond motifs is 1. The first-order chi connectivity index (χ1) is 11.7. The number of hydrogen-bond donors (Lipinski definition) is 0. The molecule has 0 spiro atoms. The molecule has 0 saturated carbocycles. The number of hydrogen-bond acceptors (Lipinski definition) is 3. The van der Waals surface area contributed by atoms with Crippen LogP contribution in [0.2, 0.25) is 0 Å². The molecule has 1 aromatic heterocycles. The highest BCUT2D eigenvalue weighted by Gasteiger charge is 2.31. The third-order valence-electron chi connectivity index (χ3n) is 5.50. The molecule has 1 saturated heterocycles. The van der Waals surface area contributed by atoms with Crippen LogP contribution in [0.15, 0.2) is 43.0 Å². The van der Waals surface area contributed by atoms with Crippen LogP contribution in [0.4, 0.5) is 0 Å². The van der Waals surface area contributed by atoms with E-state index < -0.39 is 0 Å². The van der Waals surface area contributed by atoms with Gasteiger partial charge in [0.1, 0.15) is 6.04 Å². The highest BCUT2D eigenvalue weighted by atomic mass is 16.2. The Morgan fingerprint density at radius 3 is 2.38 bits per heavy atom. The van der Waals surface area contributed by atoms with Gasteiger partial charge in [-0.2, -0.15) is 0 Å². The molecular weight excluding hydrogens is 300 g/mol. The van der Waals surface area contributed by atoms with E-state index in [1.165, 1.54) is 11.1 Å². The topological polar surface area (TPSA) is 41.4 Å². The average molecular weight is 324 g/mol. The summed E-state index contributed by atoms with van der Waals surface area (Å²) in [5.74, 6) is 0.197. The number of benzene rings is 1. The molecule has 1 atom stereocenters. The maximum atomic E-state index is 12.7. The molecule has 5 nitrogen and oxygen atoms in total. The van der Waals surface area contributed by atoms with Crippen LogP contribution in [0.25, 0.3) is 0 Å². The molecule has 2 aliphatic rings. The Labute approximate surface area is 142 Å². The highest BCUT2D eigenvalue weighted by Crippen LogP contribution is 2.26. The van der Waals surface area contributed by atoms with Gasteiger partial charge >= 0.3 is 0 Å². The van der Waals surface area contributed by atoms with Gasteiger partial charge in [0.2, 0.25) is 5.91 Å². The van der Waals surface area contributed by atoms with Crippen molar-refractivity contribution in [1.29, 1.82) is 0 Å². The summed E-state index contributed by atoms with van der Waals surface area (Å²) in [5.41, 5.74) is 2.99. The van der Waals surface area contributed by atoms with Crippen molar-refractivity contribution >= 4 is 5.91 Å². The van der Waals surface area contributed by atoms with Crippen molar-refractivity contribution in [3.05, 3.63) is 54.1 Å². The molecule has 1 aromatic carbocycles. The molecule has 1 amide bonds. The van der Waals surface area contributed by atoms with E-state index in [1.54, 1.807) is 12.5 Å². The molecule has 0 N–H and O–H groups in total. The molecule has 0 bridgehead atoms. The summed E-state index contributed by atoms with van der Waals surface area (Å²) in [5, 5.41) is 0. The first-order valence-corrected chi connectivity index (χ1v) is 8.79. The molecule has 1 aliphatic heterocycles. The van der Waals surface area contributed by atoms with E-state index in [9.17, 15) is 4.79 Å². The molecule has 24 heavy (non-hydrogen) atoms. The van der Waals surface area contributed by atoms with Crippen LogP contribution < -0.4 is 0 Å². The Bertz CT molecular complexity index is 679. The van der Waals surface area contributed by atoms with E-state index in [0.29, 0.717) is 6.04 Å². The third-order valence-corrected chi connectivity index (χ3v) is 5.50. The maximum Gasteiger partial charge on any atom is 0.245 e. The summed E-state index contributed by atoms with van der Waals surface area (Å²) >= 11 is 0. The molecule has 2 aromatic rings. The van der Waals surface area contributed by atoms with Crippen LogP contribution in [0.5, 0.6) is 0 Å². The number of rotatable bonds is 3. The van der Waals surface area contributed by atoms with Crippen molar-refractivity contribution in [2.45, 2.75) is 31.8 Å². The number of nitrogens with zero attached hydrogens (tertiary/aromatic N) is 4. The SMILES string of the molecule is C[C@H](C(=O)N1CCN(C2Cc3ccccc3C2)CC1)n1ccnc1. The Balaban J connectivity index is 1.33. The van der Waals surface area contributed by atoms with Crippen LogP contribution in [-0.4, -0.2) is 57.5 Å². The molecular formula is C19H24N4O. The Morgan fingerprint density at radius 1 is 1.12 bits per heavy atom. The fraction of sp³-hybridized carbons (Fsp3) is 0.474. The van der Waals surface area contributed by atoms with Gasteiger partial charge in [-0.3, -0.25) is 9.69 Å². The van der Waals surface area contributed by atoms with Gasteiger partial charge in [-0.15, -0.1) is 0 Å². The number of carbonyl (C=O) groups excluding carboxylic acids is 1. The summed E-state index contributed by atoms with van der Waals surface area (Å²) in [6.07, 6.45) is 7.59. The molecule has 0 unspecified atom stereocenters. The lowest BCUT2D eigenvalue weighted by atomic mass is 10.1. The van der Waals surface area contributed by atoms with Gasteiger partial charge in [0.25, 0.3) is 0 Å². The van der Waals surface area contributed by atoms with Gasteiger partial charge in [-0.1, -0.05) is 24.3 Å². The minimum atomic E-state index is -0.171. The van der Waals surface area contributed by atoms with E-state index in [1.807, 2.05) is 22.6 Å². The van der Waals surface area contributed by atoms with E-state index in [2.05, 4.69) is 34.1 Å². The van der Waals surface area contributed by atoms with Crippen LogP contribution in [0, 0.1) is 0 Å². The standard InChI is InChI=1S/C19H24N4O/c1-15(23-7-6-20-14-23)19(24)22-10-8-21(9-11-22)18-12-16-4-2-3-5-17(16)13-18/h2-7,14-15,18H,8-13H2,1H3/t15-/m1/s1. The quantitative estimate of drug-likeness (QED) is 0.864. The fourth-order valence-corrected chi connectivity index (χ4v) is 3.99. The van der Waals surface area contributed by atoms with Crippen molar-refractivity contribution in [3.63, 3.8) is 0 Å². The number of piperazine rings is 1. The predicted molar refractivity (Wildman–Crippen MR) is 92.7 cm³/mol. The van der Waals surface area contributed by atoms with Crippen LogP contribution in [0.1, 0.15) is 24.1 Å². The monoisotopic (exact) mass is 324 g/mol. The van der Waals surface area contributed by atoms with E-state index >= 15 is 0 Å². The first-order valence-electron chi connectivity index (χ1n) is 8.79. The van der Waals surface area contributed by atoms with Crippen molar-refractivity contribution in [2.24, 2.45) is 0 Å². The van der Waals surface area contributed by atoms with Crippen LogP contribution in [0.3, 0.4) is 0 Å². The largest absolute Gasteiger partial charge is 0.338 e. The molecule has 1 fully saturated rings. The van der Waals surface area contributed by atoms with Crippen molar-refractivity contribution < 1.29 is 4.79 Å². The summed E-state index contributed by atoms with van der Waals surface area (Å²) in [6.45, 7) is 5.54. The summed E-state index contributed by atoms with van der Waals surface area (Å²) in [6, 6.07) is 9.20. The fourth-order valence-electron chi connectivity index (χ4n) is 3.99. The molecule has 0 radical (unpaired) electrons. The molecule has 126 valence electrons. The minimum Gasteiger partial charge on any atom is -0.338 e. The lowest BCUT2D eigenvalue weighted by molar-refractivity contribution is -0.136. The van der Waals surface area contributed by atoms with Gasteiger partial charge in [0.15, 0.2) is 0 Å². The average Bonchev–Trinajstić information content (AvgIpc) is 3.30. The van der Waals surface area contributed by atoms with Gasteiger partial charge in [0.05, 0.1) is 6.33 Å². The zero-order valence-corrected chi connectivity index (χ0v) is 14.1. The second kappa shape index (κ2) is 6.40. The molecule has 1 aliphatic carbocycles. The lowest BCUT2D eigenvalue weighted by Gasteiger charge is -2.39. The summed E-state index contributed by atoms with van der Waals surface area (Å²) in [7, 11) is 0. The smallest absolute Gasteiger partial charge is 0.245 e. The number of carbonyl (C=O) groups is 1. The molecule has 2 heterocycles. The second-order valence-electron chi connectivity index (χ2n) is 6.88. The van der Waals surface area contributed by atoms with Crippen molar-refractivity contribution in [2.75, 3.05) is 26.2 Å². The van der Waals surface area contributed by atoms with Crippen molar-refractivity contribution in [3.8, 4) is 0 Å². The second-order valence-corrected chi connectivity index (χ2v) is 6.88. The van der Waals surface area contributed by atoms with Crippen molar-refractivity contribution in [1.82, 2.24) is 19.4 Å². The third kappa shape index (κ3) is 2.84. The molecule has 5 heteroatoms. The lowest BCUT2D eigenvalue weighted by Crippen LogP contribution is -2.53. The van der Waals surface area contributed by atoms with Gasteiger partial charge in [-0.05, 0) is 30.9 Å².